The van der Waals surface area contributed by atoms with E-state index in [4.69, 9.17) is 0 Å². The zero-order valence-corrected chi connectivity index (χ0v) is 23.7. The van der Waals surface area contributed by atoms with Gasteiger partial charge in [-0.05, 0) is 105 Å². The van der Waals surface area contributed by atoms with E-state index in [2.05, 4.69) is 71.8 Å². The number of benzene rings is 1. The number of likely N-dealkylation sites (tertiary alicyclic amines) is 1. The van der Waals surface area contributed by atoms with Crippen LogP contribution in [0.3, 0.4) is 0 Å². The molecule has 0 spiro atoms. The van der Waals surface area contributed by atoms with Crippen molar-refractivity contribution < 1.29 is 8.42 Å². The van der Waals surface area contributed by atoms with Gasteiger partial charge in [0.05, 0.1) is 17.5 Å². The molecule has 0 bridgehead atoms. The molecule has 37 heavy (non-hydrogen) atoms. The third-order valence-electron chi connectivity index (χ3n) is 8.32. The molecule has 3 heterocycles. The molecule has 3 aliphatic rings. The van der Waals surface area contributed by atoms with Gasteiger partial charge in [0.15, 0.2) is 0 Å². The van der Waals surface area contributed by atoms with Gasteiger partial charge < -0.3 is 9.88 Å². The smallest absolute Gasteiger partial charge is 0.148 e. The van der Waals surface area contributed by atoms with Crippen molar-refractivity contribution in [3.63, 3.8) is 0 Å². The molecule has 7 heteroatoms. The number of sulfone groups is 1. The first-order valence-corrected chi connectivity index (χ1v) is 15.7. The van der Waals surface area contributed by atoms with Gasteiger partial charge in [-0.3, -0.25) is 4.99 Å². The van der Waals surface area contributed by atoms with Gasteiger partial charge in [-0.15, -0.1) is 0 Å². The van der Waals surface area contributed by atoms with Crippen LogP contribution in [-0.4, -0.2) is 68.0 Å². The first-order valence-electron chi connectivity index (χ1n) is 13.6. The molecule has 1 aromatic heterocycles. The Bertz CT molecular complexity index is 1420. The number of aliphatic imine (C=N–C) groups is 2. The quantitative estimate of drug-likeness (QED) is 0.517. The van der Waals surface area contributed by atoms with Crippen LogP contribution in [0.15, 0.2) is 45.4 Å². The van der Waals surface area contributed by atoms with Gasteiger partial charge in [0.25, 0.3) is 0 Å². The number of fused-ring (bicyclic) bond motifs is 2. The number of allylic oxidation sites excluding steroid dienone is 3. The molecule has 1 saturated heterocycles. The number of nitrogens with one attached hydrogen (secondary N) is 1. The summed E-state index contributed by atoms with van der Waals surface area (Å²) in [5.74, 6) is 1.15. The highest BCUT2D eigenvalue weighted by Gasteiger charge is 2.26. The molecule has 1 N–H and O–H groups in total. The van der Waals surface area contributed by atoms with Gasteiger partial charge in [-0.1, -0.05) is 25.5 Å². The van der Waals surface area contributed by atoms with Gasteiger partial charge in [-0.25, -0.2) is 13.4 Å². The minimum Gasteiger partial charge on any atom is -0.354 e. The summed E-state index contributed by atoms with van der Waals surface area (Å²) >= 11 is 0. The molecule has 6 nitrogen and oxygen atoms in total. The number of nitrogens with zero attached hydrogens (tertiary/aromatic N) is 3. The van der Waals surface area contributed by atoms with Crippen LogP contribution in [0.5, 0.6) is 0 Å². The largest absolute Gasteiger partial charge is 0.354 e. The van der Waals surface area contributed by atoms with Crippen molar-refractivity contribution in [3.8, 4) is 0 Å². The van der Waals surface area contributed by atoms with Crippen molar-refractivity contribution >= 4 is 38.4 Å². The van der Waals surface area contributed by atoms with Crippen LogP contribution in [0.4, 0.5) is 0 Å². The van der Waals surface area contributed by atoms with E-state index < -0.39 is 9.84 Å². The zero-order chi connectivity index (χ0) is 26.3. The molecular formula is C30H40N4O2S. The third kappa shape index (κ3) is 5.53. The molecule has 198 valence electrons. The Hall–Kier alpha value is -2.51. The maximum atomic E-state index is 11.6. The summed E-state index contributed by atoms with van der Waals surface area (Å²) in [6.07, 6.45) is 9.51. The van der Waals surface area contributed by atoms with Crippen LogP contribution >= 0.6 is 0 Å². The van der Waals surface area contributed by atoms with Crippen molar-refractivity contribution in [3.05, 3.63) is 52.2 Å². The Labute approximate surface area is 221 Å². The molecule has 1 unspecified atom stereocenters. The molecule has 1 fully saturated rings. The Morgan fingerprint density at radius 3 is 2.59 bits per heavy atom. The average Bonchev–Trinajstić information content (AvgIpc) is 3.47. The highest BCUT2D eigenvalue weighted by atomic mass is 32.2. The van der Waals surface area contributed by atoms with Crippen molar-refractivity contribution in [2.24, 2.45) is 9.98 Å². The van der Waals surface area contributed by atoms with E-state index in [-0.39, 0.29) is 11.8 Å². The van der Waals surface area contributed by atoms with Crippen LogP contribution in [0.25, 0.3) is 16.5 Å². The van der Waals surface area contributed by atoms with E-state index in [1.807, 2.05) is 0 Å². The second-order valence-corrected chi connectivity index (χ2v) is 13.7. The minimum atomic E-state index is -2.92. The average molecular weight is 521 g/mol. The normalized spacial score (nSPS) is 25.2. The summed E-state index contributed by atoms with van der Waals surface area (Å²) in [5, 5.41) is 1.33. The van der Waals surface area contributed by atoms with E-state index in [1.165, 1.54) is 50.7 Å². The Kier molecular flexibility index (Phi) is 7.29. The van der Waals surface area contributed by atoms with Gasteiger partial charge in [0.1, 0.15) is 16.2 Å². The molecule has 0 amide bonds. The lowest BCUT2D eigenvalue weighted by molar-refractivity contribution is 0.223. The molecular weight excluding hydrogens is 480 g/mol. The molecule has 0 saturated carbocycles. The number of H-pyrrole nitrogens is 1. The molecule has 1 aliphatic carbocycles. The van der Waals surface area contributed by atoms with Gasteiger partial charge >= 0.3 is 0 Å². The lowest BCUT2D eigenvalue weighted by Crippen LogP contribution is -2.36. The summed E-state index contributed by atoms with van der Waals surface area (Å²) in [7, 11) is -2.92. The lowest BCUT2D eigenvalue weighted by atomic mass is 9.86. The van der Waals surface area contributed by atoms with Crippen molar-refractivity contribution in [2.75, 3.05) is 31.6 Å². The number of piperidine rings is 1. The number of aromatic nitrogens is 1. The molecule has 5 rings (SSSR count). The first kappa shape index (κ1) is 26.1. The second-order valence-electron chi connectivity index (χ2n) is 11.5. The van der Waals surface area contributed by atoms with E-state index in [9.17, 15) is 8.42 Å². The fraction of sp³-hybridized carbons (Fsp3) is 0.533. The monoisotopic (exact) mass is 520 g/mol. The summed E-state index contributed by atoms with van der Waals surface area (Å²) in [5.41, 5.74) is 10.2. The topological polar surface area (TPSA) is 77.9 Å². The number of rotatable bonds is 6. The predicted molar refractivity (Wildman–Crippen MR) is 156 cm³/mol. The SMILES string of the molecule is C/C1=C/C(c2[nH]c3ccc(C4CCN(CCS(C)(=O)=O)CC4)cc3c2C(C)C)=C(/C)CCC2N=CN=C12. The Balaban J connectivity index is 1.45. The van der Waals surface area contributed by atoms with Crippen molar-refractivity contribution in [1.82, 2.24) is 9.88 Å². The van der Waals surface area contributed by atoms with Crippen LogP contribution in [0.2, 0.25) is 0 Å². The summed E-state index contributed by atoms with van der Waals surface area (Å²) in [4.78, 5) is 15.3. The fourth-order valence-corrected chi connectivity index (χ4v) is 6.77. The Morgan fingerprint density at radius 1 is 1.14 bits per heavy atom. The van der Waals surface area contributed by atoms with E-state index in [0.717, 1.165) is 44.5 Å². The molecule has 1 aromatic carbocycles. The van der Waals surface area contributed by atoms with E-state index in [0.29, 0.717) is 18.4 Å². The van der Waals surface area contributed by atoms with Crippen LogP contribution in [-0.2, 0) is 9.84 Å². The maximum absolute atomic E-state index is 11.6. The van der Waals surface area contributed by atoms with Crippen molar-refractivity contribution in [2.45, 2.75) is 71.3 Å². The number of hydrogen-bond donors (Lipinski definition) is 1. The minimum absolute atomic E-state index is 0.195. The van der Waals surface area contributed by atoms with Gasteiger partial charge in [0.2, 0.25) is 0 Å². The lowest BCUT2D eigenvalue weighted by Gasteiger charge is -2.32. The van der Waals surface area contributed by atoms with E-state index in [1.54, 1.807) is 6.34 Å². The molecule has 2 aliphatic heterocycles. The maximum Gasteiger partial charge on any atom is 0.148 e. The Morgan fingerprint density at radius 2 is 1.89 bits per heavy atom. The summed E-state index contributed by atoms with van der Waals surface area (Å²) < 4.78 is 23.1. The third-order valence-corrected chi connectivity index (χ3v) is 9.25. The number of hydrogen-bond acceptors (Lipinski definition) is 5. The second kappa shape index (κ2) is 10.3. The highest BCUT2D eigenvalue weighted by Crippen LogP contribution is 2.39. The summed E-state index contributed by atoms with van der Waals surface area (Å²) in [6.45, 7) is 11.6. The molecule has 0 radical (unpaired) electrons. The standard InChI is InChI=1S/C30H40N4O2S/c1-19(2)28-25-17-23(22-10-12-34(13-11-22)14-15-37(5,35)36)7-9-26(25)33-30(28)24-16-21(4)29-27(31-18-32-29)8-6-20(24)3/h7,9,16-19,22,27,33H,6,8,10-15H2,1-5H3/b21-16-,24-20+. The van der Waals surface area contributed by atoms with Crippen LogP contribution < -0.4 is 0 Å². The summed E-state index contributed by atoms with van der Waals surface area (Å²) in [6, 6.07) is 7.16. The zero-order valence-electron chi connectivity index (χ0n) is 22.8. The van der Waals surface area contributed by atoms with Crippen molar-refractivity contribution in [1.29, 1.82) is 0 Å². The predicted octanol–water partition coefficient (Wildman–Crippen LogP) is 5.88. The van der Waals surface area contributed by atoms with E-state index >= 15 is 0 Å². The molecule has 2 aromatic rings. The first-order chi connectivity index (χ1) is 17.6. The van der Waals surface area contributed by atoms with Crippen LogP contribution in [0, 0.1) is 0 Å². The highest BCUT2D eigenvalue weighted by molar-refractivity contribution is 7.90. The van der Waals surface area contributed by atoms with Crippen LogP contribution in [0.1, 0.15) is 82.0 Å². The van der Waals surface area contributed by atoms with Gasteiger partial charge in [-0.2, -0.15) is 0 Å². The van der Waals surface area contributed by atoms with Gasteiger partial charge in [0, 0.05) is 29.4 Å². The molecule has 1 atom stereocenters. The fourth-order valence-electron chi connectivity index (χ4n) is 6.18. The number of aromatic amines is 1.